The van der Waals surface area contributed by atoms with Crippen LogP contribution in [0.15, 0.2) is 0 Å². The molecule has 2 fully saturated rings. The van der Waals surface area contributed by atoms with Gasteiger partial charge in [0.05, 0.1) is 6.10 Å². The highest BCUT2D eigenvalue weighted by molar-refractivity contribution is 5.46. The minimum atomic E-state index is -1.20. The summed E-state index contributed by atoms with van der Waals surface area (Å²) < 4.78 is 0. The molecule has 88 valence electrons. The molecule has 0 radical (unpaired) electrons. The van der Waals surface area contributed by atoms with E-state index >= 15 is 0 Å². The molecule has 3 heteroatoms. The van der Waals surface area contributed by atoms with Crippen molar-refractivity contribution in [3.05, 3.63) is 0 Å². The molecule has 0 bridgehead atoms. The number of aliphatic hydroxyl groups excluding tert-OH is 1. The molecule has 0 aromatic heterocycles. The van der Waals surface area contributed by atoms with E-state index in [1.165, 1.54) is 0 Å². The summed E-state index contributed by atoms with van der Waals surface area (Å²) in [4.78, 5) is 0. The Morgan fingerprint density at radius 2 is 1.00 bits per heavy atom. The molecule has 0 heterocycles. The molecule has 2 saturated carbocycles. The maximum absolute atomic E-state index is 10.7. The van der Waals surface area contributed by atoms with Gasteiger partial charge in [0.1, 0.15) is 11.2 Å². The zero-order valence-electron chi connectivity index (χ0n) is 10.4. The summed E-state index contributed by atoms with van der Waals surface area (Å²) in [6.07, 6.45) is -0.701. The molecule has 0 aromatic carbocycles. The average molecular weight is 214 g/mol. The number of aliphatic hydroxyl groups is 3. The Balaban J connectivity index is 2.66. The van der Waals surface area contributed by atoms with Crippen molar-refractivity contribution in [3.8, 4) is 0 Å². The van der Waals surface area contributed by atoms with Crippen molar-refractivity contribution in [1.82, 2.24) is 0 Å². The molecule has 2 aliphatic rings. The standard InChI is InChI=1S/C12H22O3/c1-8(2)7(13)9(3,4)12(15)10(5,6)11(8,12)14/h7,13-15H,1-6H3. The summed E-state index contributed by atoms with van der Waals surface area (Å²) in [7, 11) is 0. The van der Waals surface area contributed by atoms with Crippen molar-refractivity contribution in [3.63, 3.8) is 0 Å². The van der Waals surface area contributed by atoms with E-state index in [0.717, 1.165) is 0 Å². The Labute approximate surface area is 91.1 Å². The molecule has 2 rings (SSSR count). The molecule has 0 saturated heterocycles. The molecular weight excluding hydrogens is 192 g/mol. The van der Waals surface area contributed by atoms with Gasteiger partial charge in [0.15, 0.2) is 0 Å². The molecule has 2 aliphatic carbocycles. The molecule has 15 heavy (non-hydrogen) atoms. The van der Waals surface area contributed by atoms with Crippen LogP contribution in [0.3, 0.4) is 0 Å². The first kappa shape index (κ1) is 11.4. The van der Waals surface area contributed by atoms with Crippen LogP contribution in [0.2, 0.25) is 0 Å². The van der Waals surface area contributed by atoms with Crippen LogP contribution in [0.4, 0.5) is 0 Å². The van der Waals surface area contributed by atoms with Gasteiger partial charge in [-0.1, -0.05) is 41.5 Å². The van der Waals surface area contributed by atoms with Gasteiger partial charge in [0.25, 0.3) is 0 Å². The highest BCUT2D eigenvalue weighted by Gasteiger charge is 2.97. The molecular formula is C12H22O3. The van der Waals surface area contributed by atoms with Gasteiger partial charge < -0.3 is 15.3 Å². The second-order valence-corrected chi connectivity index (χ2v) is 6.89. The minimum absolute atomic E-state index is 0.563. The Morgan fingerprint density at radius 1 is 0.733 bits per heavy atom. The Morgan fingerprint density at radius 3 is 1.20 bits per heavy atom. The summed E-state index contributed by atoms with van der Waals surface area (Å²) in [5, 5.41) is 31.6. The fourth-order valence-electron chi connectivity index (χ4n) is 4.67. The number of rotatable bonds is 0. The van der Waals surface area contributed by atoms with Crippen LogP contribution < -0.4 is 0 Å². The van der Waals surface area contributed by atoms with E-state index in [9.17, 15) is 15.3 Å². The van der Waals surface area contributed by atoms with E-state index in [1.807, 2.05) is 41.5 Å². The minimum Gasteiger partial charge on any atom is -0.392 e. The molecule has 0 spiro atoms. The van der Waals surface area contributed by atoms with Crippen molar-refractivity contribution >= 4 is 0 Å². The molecule has 3 nitrogen and oxygen atoms in total. The Bertz CT molecular complexity index is 302. The highest BCUT2D eigenvalue weighted by atomic mass is 16.4. The summed E-state index contributed by atoms with van der Waals surface area (Å²) in [5.74, 6) is 0. The quantitative estimate of drug-likeness (QED) is 0.562. The number of fused-ring (bicyclic) bond motifs is 1. The van der Waals surface area contributed by atoms with Crippen molar-refractivity contribution in [2.75, 3.05) is 0 Å². The first-order valence-corrected chi connectivity index (χ1v) is 5.53. The number of hydrogen-bond donors (Lipinski definition) is 3. The maximum Gasteiger partial charge on any atom is 0.110 e. The highest BCUT2D eigenvalue weighted by Crippen LogP contribution is 2.83. The zero-order chi connectivity index (χ0) is 12.1. The first-order chi connectivity index (χ1) is 6.40. The van der Waals surface area contributed by atoms with Crippen LogP contribution in [0.1, 0.15) is 41.5 Å². The zero-order valence-corrected chi connectivity index (χ0v) is 10.4. The van der Waals surface area contributed by atoms with E-state index in [-0.39, 0.29) is 0 Å². The van der Waals surface area contributed by atoms with Crippen LogP contribution >= 0.6 is 0 Å². The molecule has 0 amide bonds. The van der Waals surface area contributed by atoms with Crippen molar-refractivity contribution < 1.29 is 15.3 Å². The van der Waals surface area contributed by atoms with Crippen LogP contribution in [-0.4, -0.2) is 32.6 Å². The maximum atomic E-state index is 10.7. The molecule has 0 aromatic rings. The normalized spacial score (nSPS) is 53.8. The molecule has 3 N–H and O–H groups in total. The Kier molecular flexibility index (Phi) is 1.61. The molecule has 2 unspecified atom stereocenters. The third kappa shape index (κ3) is 0.650. The number of hydrogen-bond acceptors (Lipinski definition) is 3. The molecule has 0 aliphatic heterocycles. The predicted molar refractivity (Wildman–Crippen MR) is 57.2 cm³/mol. The lowest BCUT2D eigenvalue weighted by atomic mass is 9.68. The summed E-state index contributed by atoms with van der Waals surface area (Å²) in [6, 6.07) is 0. The van der Waals surface area contributed by atoms with Crippen LogP contribution in [-0.2, 0) is 0 Å². The van der Waals surface area contributed by atoms with Gasteiger partial charge in [-0.25, -0.2) is 0 Å². The van der Waals surface area contributed by atoms with Crippen LogP contribution in [0.25, 0.3) is 0 Å². The van der Waals surface area contributed by atoms with Crippen molar-refractivity contribution in [1.29, 1.82) is 0 Å². The van der Waals surface area contributed by atoms with Gasteiger partial charge in [-0.2, -0.15) is 0 Å². The second kappa shape index (κ2) is 2.13. The van der Waals surface area contributed by atoms with E-state index in [1.54, 1.807) is 0 Å². The third-order valence-electron chi connectivity index (χ3n) is 5.50. The second-order valence-electron chi connectivity index (χ2n) is 6.89. The van der Waals surface area contributed by atoms with E-state index in [0.29, 0.717) is 0 Å². The first-order valence-electron chi connectivity index (χ1n) is 5.53. The lowest BCUT2D eigenvalue weighted by molar-refractivity contribution is -0.0984. The van der Waals surface area contributed by atoms with Crippen molar-refractivity contribution in [2.45, 2.75) is 58.8 Å². The van der Waals surface area contributed by atoms with E-state index < -0.39 is 33.6 Å². The topological polar surface area (TPSA) is 60.7 Å². The van der Waals surface area contributed by atoms with E-state index in [2.05, 4.69) is 0 Å². The lowest BCUT2D eigenvalue weighted by Gasteiger charge is -2.40. The molecule has 2 atom stereocenters. The van der Waals surface area contributed by atoms with Crippen molar-refractivity contribution in [2.24, 2.45) is 16.2 Å². The summed E-state index contributed by atoms with van der Waals surface area (Å²) in [6.45, 7) is 11.0. The monoisotopic (exact) mass is 214 g/mol. The fourth-order valence-corrected chi connectivity index (χ4v) is 4.67. The van der Waals surface area contributed by atoms with Crippen LogP contribution in [0, 0.1) is 16.2 Å². The van der Waals surface area contributed by atoms with E-state index in [4.69, 9.17) is 0 Å². The van der Waals surface area contributed by atoms with Gasteiger partial charge in [-0.15, -0.1) is 0 Å². The van der Waals surface area contributed by atoms with Gasteiger partial charge in [0.2, 0.25) is 0 Å². The summed E-state index contributed by atoms with van der Waals surface area (Å²) >= 11 is 0. The van der Waals surface area contributed by atoms with Gasteiger partial charge >= 0.3 is 0 Å². The Hall–Kier alpha value is -0.120. The van der Waals surface area contributed by atoms with Crippen LogP contribution in [0.5, 0.6) is 0 Å². The predicted octanol–water partition coefficient (Wildman–Crippen LogP) is 0.915. The van der Waals surface area contributed by atoms with Gasteiger partial charge in [-0.05, 0) is 0 Å². The van der Waals surface area contributed by atoms with Gasteiger partial charge in [0, 0.05) is 16.2 Å². The third-order valence-corrected chi connectivity index (χ3v) is 5.50. The largest absolute Gasteiger partial charge is 0.392 e. The van der Waals surface area contributed by atoms with Gasteiger partial charge in [-0.3, -0.25) is 0 Å². The smallest absolute Gasteiger partial charge is 0.110 e. The SMILES string of the molecule is CC1(C)C(O)C(C)(C)C2(O)C(C)(C)C12O. The lowest BCUT2D eigenvalue weighted by Crippen LogP contribution is -2.47. The summed E-state index contributed by atoms with van der Waals surface area (Å²) in [5.41, 5.74) is -4.33. The fraction of sp³-hybridized carbons (Fsp3) is 1.00. The average Bonchev–Trinajstić information content (AvgIpc) is 2.43.